The molecule has 0 bridgehead atoms. The summed E-state index contributed by atoms with van der Waals surface area (Å²) in [5.74, 6) is 0. The third kappa shape index (κ3) is 3.74. The molecule has 8 heavy (non-hydrogen) atoms. The molecule has 0 aliphatic rings. The molecule has 0 fully saturated rings. The maximum absolute atomic E-state index is 4.02. The summed E-state index contributed by atoms with van der Waals surface area (Å²) in [6.07, 6.45) is 3.46. The second-order valence-corrected chi connectivity index (χ2v) is 1.69. The van der Waals surface area contributed by atoms with Crippen LogP contribution in [-0.2, 0) is 0 Å². The van der Waals surface area contributed by atoms with E-state index < -0.39 is 0 Å². The molecule has 2 nitrogen and oxygen atoms in total. The minimum absolute atomic E-state index is 0.815. The Balaban J connectivity index is 3.57. The summed E-state index contributed by atoms with van der Waals surface area (Å²) < 4.78 is 0. The smallest absolute Gasteiger partial charge is 0.0663 e. The van der Waals surface area contributed by atoms with E-state index in [4.69, 9.17) is 0 Å². The summed E-state index contributed by atoms with van der Waals surface area (Å²) in [4.78, 5) is 3.73. The van der Waals surface area contributed by atoms with E-state index in [9.17, 15) is 0 Å². The Hall–Kier alpha value is -0.440. The second kappa shape index (κ2) is 4.71. The van der Waals surface area contributed by atoms with Crippen LogP contribution < -0.4 is 5.32 Å². The average Bonchev–Trinajstić information content (AvgIpc) is 1.83. The van der Waals surface area contributed by atoms with Crippen molar-refractivity contribution in [3.05, 3.63) is 11.1 Å². The van der Waals surface area contributed by atoms with Gasteiger partial charge >= 0.3 is 0 Å². The zero-order valence-corrected chi connectivity index (χ0v) is 5.94. The van der Waals surface area contributed by atoms with Crippen molar-refractivity contribution in [2.45, 2.75) is 0 Å². The van der Waals surface area contributed by atoms with E-state index in [0.29, 0.717) is 0 Å². The molecule has 0 rings (SSSR count). The van der Waals surface area contributed by atoms with Gasteiger partial charge in [-0.25, -0.2) is 0 Å². The number of rotatable bonds is 2. The number of hydrogen-bond donors (Lipinski definition) is 2. The number of nitrogens with zero attached hydrogens (tertiary/aromatic N) is 1. The summed E-state index contributed by atoms with van der Waals surface area (Å²) in [7, 11) is 3.52. The number of aliphatic imine (C=N–C) groups is 1. The first-order valence-electron chi connectivity index (χ1n) is 2.30. The van der Waals surface area contributed by atoms with Crippen molar-refractivity contribution in [1.82, 2.24) is 5.32 Å². The SMILES string of the molecule is C/N=C\C=C(\S)NC. The third-order valence-corrected chi connectivity index (χ3v) is 1.01. The standard InChI is InChI=1S/C5H10N2S/c1-6-4-3-5(8)7-2/h3-4,7-8H,1-2H3/b5-3+,6-4-. The van der Waals surface area contributed by atoms with Crippen LogP contribution in [0.15, 0.2) is 16.1 Å². The Morgan fingerprint density at radius 2 is 2.38 bits per heavy atom. The Morgan fingerprint density at radius 1 is 1.75 bits per heavy atom. The minimum atomic E-state index is 0.815. The van der Waals surface area contributed by atoms with Gasteiger partial charge in [-0.2, -0.15) is 0 Å². The maximum atomic E-state index is 4.02. The summed E-state index contributed by atoms with van der Waals surface area (Å²) in [5.41, 5.74) is 0. The van der Waals surface area contributed by atoms with Crippen LogP contribution in [-0.4, -0.2) is 20.3 Å². The first-order valence-corrected chi connectivity index (χ1v) is 2.75. The van der Waals surface area contributed by atoms with Crippen molar-refractivity contribution in [3.8, 4) is 0 Å². The average molecular weight is 130 g/mol. The lowest BCUT2D eigenvalue weighted by molar-refractivity contribution is 1.08. The van der Waals surface area contributed by atoms with Crippen LogP contribution in [0.2, 0.25) is 0 Å². The fraction of sp³-hybridized carbons (Fsp3) is 0.400. The van der Waals surface area contributed by atoms with Gasteiger partial charge in [0, 0.05) is 20.3 Å². The Kier molecular flexibility index (Phi) is 4.45. The molecule has 0 aliphatic carbocycles. The van der Waals surface area contributed by atoms with Crippen LogP contribution in [0, 0.1) is 0 Å². The molecule has 0 amide bonds. The molecule has 46 valence electrons. The molecule has 1 N–H and O–H groups in total. The van der Waals surface area contributed by atoms with E-state index in [1.807, 2.05) is 7.05 Å². The lowest BCUT2D eigenvalue weighted by Gasteiger charge is -1.91. The first-order chi connectivity index (χ1) is 3.81. The molecular weight excluding hydrogens is 120 g/mol. The molecular formula is C5H10N2S. The molecule has 0 aromatic rings. The van der Waals surface area contributed by atoms with Gasteiger partial charge in [0.1, 0.15) is 0 Å². The predicted molar refractivity (Wildman–Crippen MR) is 40.5 cm³/mol. The molecule has 0 aliphatic heterocycles. The third-order valence-electron chi connectivity index (χ3n) is 0.638. The molecule has 0 radical (unpaired) electrons. The Morgan fingerprint density at radius 3 is 2.75 bits per heavy atom. The van der Waals surface area contributed by atoms with Crippen LogP contribution >= 0.6 is 12.6 Å². The van der Waals surface area contributed by atoms with Crippen molar-refractivity contribution in [2.75, 3.05) is 14.1 Å². The first kappa shape index (κ1) is 7.56. The highest BCUT2D eigenvalue weighted by Crippen LogP contribution is 1.88. The highest BCUT2D eigenvalue weighted by molar-refractivity contribution is 7.84. The van der Waals surface area contributed by atoms with Crippen LogP contribution in [0.5, 0.6) is 0 Å². The van der Waals surface area contributed by atoms with Crippen LogP contribution in [0.4, 0.5) is 0 Å². The van der Waals surface area contributed by atoms with Gasteiger partial charge in [-0.05, 0) is 6.08 Å². The largest absolute Gasteiger partial charge is 0.383 e. The lowest BCUT2D eigenvalue weighted by Crippen LogP contribution is -1.98. The van der Waals surface area contributed by atoms with Gasteiger partial charge < -0.3 is 5.32 Å². The van der Waals surface area contributed by atoms with Gasteiger partial charge in [0.15, 0.2) is 0 Å². The van der Waals surface area contributed by atoms with Crippen molar-refractivity contribution in [3.63, 3.8) is 0 Å². The number of hydrogen-bond acceptors (Lipinski definition) is 3. The molecule has 0 atom stereocenters. The topological polar surface area (TPSA) is 24.4 Å². The van der Waals surface area contributed by atoms with Gasteiger partial charge in [-0.15, -0.1) is 12.6 Å². The van der Waals surface area contributed by atoms with Crippen molar-refractivity contribution >= 4 is 18.8 Å². The van der Waals surface area contributed by atoms with Gasteiger partial charge in [0.25, 0.3) is 0 Å². The van der Waals surface area contributed by atoms with Gasteiger partial charge in [0.2, 0.25) is 0 Å². The summed E-state index contributed by atoms with van der Waals surface area (Å²) in [5, 5.41) is 3.65. The van der Waals surface area contributed by atoms with Gasteiger partial charge in [0.05, 0.1) is 5.03 Å². The van der Waals surface area contributed by atoms with Crippen molar-refractivity contribution in [2.24, 2.45) is 4.99 Å². The number of nitrogens with one attached hydrogen (secondary N) is 1. The van der Waals surface area contributed by atoms with E-state index in [2.05, 4.69) is 22.9 Å². The minimum Gasteiger partial charge on any atom is -0.383 e. The zero-order chi connectivity index (χ0) is 6.41. The van der Waals surface area contributed by atoms with E-state index in [0.717, 1.165) is 5.03 Å². The lowest BCUT2D eigenvalue weighted by atomic mass is 10.6. The zero-order valence-electron chi connectivity index (χ0n) is 5.05. The quantitative estimate of drug-likeness (QED) is 0.417. The number of thiol groups is 1. The fourth-order valence-corrected chi connectivity index (χ4v) is 0.295. The molecule has 0 spiro atoms. The van der Waals surface area contributed by atoms with Crippen LogP contribution in [0.3, 0.4) is 0 Å². The summed E-state index contributed by atoms with van der Waals surface area (Å²) in [6.45, 7) is 0. The normalized spacial score (nSPS) is 12.6. The van der Waals surface area contributed by atoms with Gasteiger partial charge in [-0.1, -0.05) is 0 Å². The van der Waals surface area contributed by atoms with Crippen molar-refractivity contribution in [1.29, 1.82) is 0 Å². The molecule has 0 aromatic heterocycles. The maximum Gasteiger partial charge on any atom is 0.0663 e. The molecule has 0 aromatic carbocycles. The summed E-state index contributed by atoms with van der Waals surface area (Å²) in [6, 6.07) is 0. The predicted octanol–water partition coefficient (Wildman–Crippen LogP) is 0.678. The Labute approximate surface area is 55.1 Å². The van der Waals surface area contributed by atoms with Crippen molar-refractivity contribution < 1.29 is 0 Å². The molecule has 0 heterocycles. The van der Waals surface area contributed by atoms with Crippen LogP contribution in [0.25, 0.3) is 0 Å². The van der Waals surface area contributed by atoms with E-state index in [1.54, 1.807) is 19.3 Å². The molecule has 0 saturated heterocycles. The Bertz CT molecular complexity index is 107. The summed E-state index contributed by atoms with van der Waals surface area (Å²) >= 11 is 4.02. The monoisotopic (exact) mass is 130 g/mol. The molecule has 0 saturated carbocycles. The molecule has 0 unspecified atom stereocenters. The van der Waals surface area contributed by atoms with Crippen LogP contribution in [0.1, 0.15) is 0 Å². The van der Waals surface area contributed by atoms with E-state index >= 15 is 0 Å². The van der Waals surface area contributed by atoms with Gasteiger partial charge in [-0.3, -0.25) is 4.99 Å². The van der Waals surface area contributed by atoms with E-state index in [-0.39, 0.29) is 0 Å². The van der Waals surface area contributed by atoms with E-state index in [1.165, 1.54) is 0 Å². The highest BCUT2D eigenvalue weighted by atomic mass is 32.1. The molecule has 3 heteroatoms. The second-order valence-electron chi connectivity index (χ2n) is 1.21. The fourth-order valence-electron chi connectivity index (χ4n) is 0.228. The highest BCUT2D eigenvalue weighted by Gasteiger charge is 1.74. The number of allylic oxidation sites excluding steroid dienone is 1.